The molecule has 2 aliphatic heterocycles. The minimum Gasteiger partial charge on any atom is -0.490 e. The lowest BCUT2D eigenvalue weighted by atomic mass is 9.85. The molecule has 0 amide bonds. The molecule has 0 saturated heterocycles. The summed E-state index contributed by atoms with van der Waals surface area (Å²) in [7, 11) is 0. The largest absolute Gasteiger partial charge is 0.490 e. The van der Waals surface area contributed by atoms with Crippen LogP contribution in [-0.4, -0.2) is 33.8 Å². The van der Waals surface area contributed by atoms with Gasteiger partial charge in [0.15, 0.2) is 23.1 Å². The van der Waals surface area contributed by atoms with E-state index in [-0.39, 0.29) is 11.8 Å². The minimum absolute atomic E-state index is 0.168. The highest BCUT2D eigenvalue weighted by Crippen LogP contribution is 2.42. The van der Waals surface area contributed by atoms with Gasteiger partial charge in [0.1, 0.15) is 6.04 Å². The number of fused-ring (bicyclic) bond motifs is 2. The molecule has 32 heavy (non-hydrogen) atoms. The van der Waals surface area contributed by atoms with Gasteiger partial charge in [-0.2, -0.15) is 10.1 Å². The first-order valence-electron chi connectivity index (χ1n) is 11.2. The van der Waals surface area contributed by atoms with Crippen molar-refractivity contribution in [2.45, 2.75) is 38.1 Å². The summed E-state index contributed by atoms with van der Waals surface area (Å²) < 4.78 is 13.6. The molecule has 1 atom stereocenters. The molecule has 0 saturated carbocycles. The number of hydrogen-bond acceptors (Lipinski definition) is 6. The number of allylic oxidation sites excluding steroid dienone is 2. The number of carbonyl (C=O) groups excluding carboxylic acids is 1. The highest BCUT2D eigenvalue weighted by atomic mass is 16.5. The molecular formula is C25H24N4O3. The Hall–Kier alpha value is -3.61. The molecule has 162 valence electrons. The molecule has 2 aromatic carbocycles. The fraction of sp³-hybridized carbons (Fsp3) is 0.320. The van der Waals surface area contributed by atoms with Crippen molar-refractivity contribution < 1.29 is 14.3 Å². The Bertz CT molecular complexity index is 1220. The minimum atomic E-state index is -0.330. The van der Waals surface area contributed by atoms with Gasteiger partial charge in [0.25, 0.3) is 0 Å². The van der Waals surface area contributed by atoms with Crippen molar-refractivity contribution in [1.29, 1.82) is 0 Å². The Balaban J connectivity index is 1.44. The summed E-state index contributed by atoms with van der Waals surface area (Å²) in [6.07, 6.45) is 3.73. The summed E-state index contributed by atoms with van der Waals surface area (Å²) in [6, 6.07) is 15.8. The average Bonchev–Trinajstić information content (AvgIpc) is 3.05. The van der Waals surface area contributed by atoms with Crippen molar-refractivity contribution in [2.24, 2.45) is 0 Å². The fourth-order valence-electron chi connectivity index (χ4n) is 4.71. The van der Waals surface area contributed by atoms with Crippen molar-refractivity contribution in [2.75, 3.05) is 18.5 Å². The standard InChI is InChI=1S/C25H24N4O3/c30-19-9-4-8-18-23(19)24(17-10-11-20-21(15-17)32-13-5-12-31-20)29-25(26-18)27-22(28-29)14-16-6-2-1-3-7-16/h1-3,6-7,10-11,15,24H,4-5,8-9,12-14H2,(H,26,27,28). The number of carbonyl (C=O) groups is 1. The SMILES string of the molecule is O=C1CCCC2=C1C(c1ccc3c(c1)OCCCO3)n1nc(Cc3ccccc3)nc1N2. The summed E-state index contributed by atoms with van der Waals surface area (Å²) in [4.78, 5) is 17.8. The summed E-state index contributed by atoms with van der Waals surface area (Å²) in [6.45, 7) is 1.26. The number of ketones is 1. The molecule has 6 rings (SSSR count). The first kappa shape index (κ1) is 19.1. The Morgan fingerprint density at radius 3 is 2.72 bits per heavy atom. The molecule has 0 fully saturated rings. The number of benzene rings is 2. The van der Waals surface area contributed by atoms with E-state index >= 15 is 0 Å². The van der Waals surface area contributed by atoms with Gasteiger partial charge in [0.05, 0.1) is 13.2 Å². The summed E-state index contributed by atoms with van der Waals surface area (Å²) in [5.74, 6) is 3.04. The summed E-state index contributed by atoms with van der Waals surface area (Å²) in [5, 5.41) is 8.24. The maximum absolute atomic E-state index is 13.0. The van der Waals surface area contributed by atoms with Gasteiger partial charge >= 0.3 is 0 Å². The smallest absolute Gasteiger partial charge is 0.226 e. The molecule has 1 N–H and O–H groups in total. The summed E-state index contributed by atoms with van der Waals surface area (Å²) >= 11 is 0. The van der Waals surface area contributed by atoms with Gasteiger partial charge in [-0.25, -0.2) is 4.68 Å². The number of ether oxygens (including phenoxy) is 2. The zero-order valence-electron chi connectivity index (χ0n) is 17.7. The predicted octanol–water partition coefficient (Wildman–Crippen LogP) is 4.05. The van der Waals surface area contributed by atoms with Crippen LogP contribution in [0.5, 0.6) is 11.5 Å². The van der Waals surface area contributed by atoms with Crippen LogP contribution < -0.4 is 14.8 Å². The van der Waals surface area contributed by atoms with Gasteiger partial charge in [0.2, 0.25) is 5.95 Å². The third-order valence-electron chi connectivity index (χ3n) is 6.20. The monoisotopic (exact) mass is 428 g/mol. The maximum atomic E-state index is 13.0. The zero-order chi connectivity index (χ0) is 21.5. The number of hydrogen-bond donors (Lipinski definition) is 1. The molecule has 0 bridgehead atoms. The van der Waals surface area contributed by atoms with E-state index in [1.54, 1.807) is 0 Å². The molecule has 1 aromatic heterocycles. The van der Waals surface area contributed by atoms with Crippen molar-refractivity contribution in [3.63, 3.8) is 0 Å². The molecule has 0 spiro atoms. The zero-order valence-corrected chi connectivity index (χ0v) is 17.7. The number of nitrogens with zero attached hydrogens (tertiary/aromatic N) is 3. The number of nitrogens with one attached hydrogen (secondary N) is 1. The molecule has 3 aliphatic rings. The van der Waals surface area contributed by atoms with Crippen LogP contribution in [0.3, 0.4) is 0 Å². The van der Waals surface area contributed by atoms with Gasteiger partial charge in [-0.15, -0.1) is 0 Å². The van der Waals surface area contributed by atoms with Crippen LogP contribution in [0.1, 0.15) is 48.7 Å². The Morgan fingerprint density at radius 1 is 1.00 bits per heavy atom. The number of anilines is 1. The van der Waals surface area contributed by atoms with E-state index < -0.39 is 0 Å². The van der Waals surface area contributed by atoms with Gasteiger partial charge < -0.3 is 14.8 Å². The topological polar surface area (TPSA) is 78.3 Å². The second-order valence-electron chi connectivity index (χ2n) is 8.41. The van der Waals surface area contributed by atoms with Gasteiger partial charge in [0, 0.05) is 30.5 Å². The van der Waals surface area contributed by atoms with Gasteiger partial charge in [-0.1, -0.05) is 36.4 Å². The Morgan fingerprint density at radius 2 is 1.84 bits per heavy atom. The fourth-order valence-corrected chi connectivity index (χ4v) is 4.71. The molecule has 1 aliphatic carbocycles. The molecule has 7 heteroatoms. The number of rotatable bonds is 3. The summed E-state index contributed by atoms with van der Waals surface area (Å²) in [5.41, 5.74) is 3.85. The highest BCUT2D eigenvalue weighted by molar-refractivity contribution is 5.99. The quantitative estimate of drug-likeness (QED) is 0.678. The highest BCUT2D eigenvalue weighted by Gasteiger charge is 2.37. The van der Waals surface area contributed by atoms with Crippen LogP contribution in [0.4, 0.5) is 5.95 Å². The van der Waals surface area contributed by atoms with Crippen molar-refractivity contribution in [3.05, 3.63) is 76.8 Å². The van der Waals surface area contributed by atoms with E-state index in [1.807, 2.05) is 41.1 Å². The second-order valence-corrected chi connectivity index (χ2v) is 8.41. The lowest BCUT2D eigenvalue weighted by Crippen LogP contribution is -2.31. The molecule has 3 heterocycles. The van der Waals surface area contributed by atoms with E-state index in [9.17, 15) is 4.79 Å². The lowest BCUT2D eigenvalue weighted by Gasteiger charge is -2.32. The second kappa shape index (κ2) is 7.82. The van der Waals surface area contributed by atoms with Crippen molar-refractivity contribution >= 4 is 11.7 Å². The molecule has 1 unspecified atom stereocenters. The average molecular weight is 428 g/mol. The van der Waals surface area contributed by atoms with Crippen LogP contribution in [0.15, 0.2) is 59.8 Å². The molecule has 0 radical (unpaired) electrons. The molecule has 7 nitrogen and oxygen atoms in total. The first-order valence-corrected chi connectivity index (χ1v) is 11.2. The van der Waals surface area contributed by atoms with Crippen molar-refractivity contribution in [1.82, 2.24) is 14.8 Å². The number of Topliss-reactive ketones (excluding diaryl/α,β-unsaturated/α-hetero) is 1. The predicted molar refractivity (Wildman–Crippen MR) is 119 cm³/mol. The Kier molecular flexibility index (Phi) is 4.67. The van der Waals surface area contributed by atoms with E-state index in [4.69, 9.17) is 19.6 Å². The normalized spacial score (nSPS) is 19.6. The van der Waals surface area contributed by atoms with E-state index in [1.165, 1.54) is 0 Å². The molecule has 3 aromatic rings. The molecular weight excluding hydrogens is 404 g/mol. The number of aromatic nitrogens is 3. The van der Waals surface area contributed by atoms with Crippen LogP contribution in [-0.2, 0) is 11.2 Å². The first-order chi connectivity index (χ1) is 15.8. The third-order valence-corrected chi connectivity index (χ3v) is 6.20. The van der Waals surface area contributed by atoms with Crippen LogP contribution in [0.25, 0.3) is 0 Å². The van der Waals surface area contributed by atoms with Crippen LogP contribution >= 0.6 is 0 Å². The van der Waals surface area contributed by atoms with Crippen molar-refractivity contribution in [3.8, 4) is 11.5 Å². The maximum Gasteiger partial charge on any atom is 0.226 e. The van der Waals surface area contributed by atoms with Crippen LogP contribution in [0, 0.1) is 0 Å². The van der Waals surface area contributed by atoms with Gasteiger partial charge in [-0.3, -0.25) is 4.79 Å². The van der Waals surface area contributed by atoms with Gasteiger partial charge in [-0.05, 0) is 36.1 Å². The van der Waals surface area contributed by atoms with Crippen LogP contribution in [0.2, 0.25) is 0 Å². The Labute approximate surface area is 186 Å². The van der Waals surface area contributed by atoms with E-state index in [0.29, 0.717) is 32.0 Å². The lowest BCUT2D eigenvalue weighted by molar-refractivity contribution is -0.116. The van der Waals surface area contributed by atoms with E-state index in [0.717, 1.165) is 59.0 Å². The van der Waals surface area contributed by atoms with E-state index in [2.05, 4.69) is 17.4 Å². The third kappa shape index (κ3) is 3.34.